The summed E-state index contributed by atoms with van der Waals surface area (Å²) in [5.74, 6) is 1.00. The second kappa shape index (κ2) is 7.09. The maximum Gasteiger partial charge on any atom is 0.165 e. The number of phenols is 1. The minimum Gasteiger partial charge on any atom is -0.504 e. The standard InChI is InChI=1S/C29H41NO4.ClH/c1-25(2,3)26(4,32)20-15-27-10-11-29(20,33-5)24-28(27)12-13-30(16-17-6-7-17)21(27)14-18-8-9-19(31)23(34-24)22(18)28;/h8-9,17,20-21,24,31-32H,6-7,10-16H2,1-5H3;1H/t20-,21-,24-,26?,27-,28+,29-;/m1./s1/i5D3;. The van der Waals surface area contributed by atoms with Gasteiger partial charge in [-0.2, -0.15) is 0 Å². The average Bonchev–Trinajstić information content (AvgIpc) is 3.52. The van der Waals surface area contributed by atoms with Crippen LogP contribution in [0.5, 0.6) is 11.5 Å². The van der Waals surface area contributed by atoms with Crippen molar-refractivity contribution in [3.8, 4) is 11.5 Å². The van der Waals surface area contributed by atoms with Gasteiger partial charge in [-0.25, -0.2) is 0 Å². The van der Waals surface area contributed by atoms with E-state index < -0.39 is 41.1 Å². The number of rotatable bonds is 4. The highest BCUT2D eigenvalue weighted by Gasteiger charge is 2.82. The number of piperidine rings is 1. The Morgan fingerprint density at radius 1 is 1.20 bits per heavy atom. The van der Waals surface area contributed by atoms with Gasteiger partial charge in [0, 0.05) is 41.9 Å². The smallest absolute Gasteiger partial charge is 0.165 e. The van der Waals surface area contributed by atoms with Crippen LogP contribution < -0.4 is 4.74 Å². The number of likely N-dealkylation sites (tertiary alicyclic amines) is 1. The molecule has 4 bridgehead atoms. The molecule has 2 heterocycles. The fourth-order valence-electron chi connectivity index (χ4n) is 9.40. The molecule has 35 heavy (non-hydrogen) atoms. The van der Waals surface area contributed by atoms with Crippen LogP contribution in [0.15, 0.2) is 12.1 Å². The van der Waals surface area contributed by atoms with E-state index in [1.54, 1.807) is 6.07 Å². The number of methoxy groups -OCH3 is 1. The molecule has 8 rings (SSSR count). The van der Waals surface area contributed by atoms with E-state index in [2.05, 4.69) is 11.0 Å². The van der Waals surface area contributed by atoms with Gasteiger partial charge < -0.3 is 19.7 Å². The van der Waals surface area contributed by atoms with E-state index >= 15 is 0 Å². The number of benzene rings is 1. The Labute approximate surface area is 220 Å². The molecular weight excluding hydrogens is 462 g/mol. The maximum absolute atomic E-state index is 12.3. The molecule has 2 aliphatic heterocycles. The van der Waals surface area contributed by atoms with Gasteiger partial charge in [-0.3, -0.25) is 4.90 Å². The Kier molecular flexibility index (Phi) is 4.25. The highest BCUT2D eigenvalue weighted by Crippen LogP contribution is 2.78. The van der Waals surface area contributed by atoms with Crippen molar-refractivity contribution in [3.63, 3.8) is 0 Å². The Morgan fingerprint density at radius 3 is 2.66 bits per heavy atom. The molecule has 2 spiro atoms. The summed E-state index contributed by atoms with van der Waals surface area (Å²) in [5, 5.41) is 23.3. The predicted molar refractivity (Wildman–Crippen MR) is 137 cm³/mol. The summed E-state index contributed by atoms with van der Waals surface area (Å²) in [7, 11) is -2.63. The van der Waals surface area contributed by atoms with E-state index in [1.165, 1.54) is 18.4 Å². The van der Waals surface area contributed by atoms with Gasteiger partial charge in [-0.1, -0.05) is 26.8 Å². The molecule has 1 aromatic carbocycles. The molecule has 1 aromatic rings. The third kappa shape index (κ3) is 2.62. The zero-order valence-corrected chi connectivity index (χ0v) is 22.2. The molecule has 4 saturated carbocycles. The lowest BCUT2D eigenvalue weighted by Crippen LogP contribution is -2.83. The molecule has 0 aromatic heterocycles. The number of aliphatic hydroxyl groups is 1. The quantitative estimate of drug-likeness (QED) is 0.612. The zero-order chi connectivity index (χ0) is 26.4. The summed E-state index contributed by atoms with van der Waals surface area (Å²) >= 11 is 0. The van der Waals surface area contributed by atoms with Crippen LogP contribution in [-0.2, 0) is 16.6 Å². The first kappa shape index (κ1) is 21.0. The van der Waals surface area contributed by atoms with Gasteiger partial charge in [0.25, 0.3) is 0 Å². The number of ether oxygens (including phenoxy) is 2. The molecule has 5 nitrogen and oxygen atoms in total. The van der Waals surface area contributed by atoms with Gasteiger partial charge in [0.1, 0.15) is 11.7 Å². The summed E-state index contributed by atoms with van der Waals surface area (Å²) < 4.78 is 37.7. The predicted octanol–water partition coefficient (Wildman–Crippen LogP) is 4.84. The van der Waals surface area contributed by atoms with Crippen LogP contribution in [0, 0.1) is 22.7 Å². The van der Waals surface area contributed by atoms with Crippen molar-refractivity contribution in [1.82, 2.24) is 4.90 Å². The number of nitrogens with zero attached hydrogens (tertiary/aromatic N) is 1. The lowest BCUT2D eigenvalue weighted by molar-refractivity contribution is -0.312. The van der Waals surface area contributed by atoms with Crippen molar-refractivity contribution >= 4 is 12.4 Å². The Morgan fingerprint density at radius 2 is 1.97 bits per heavy atom. The molecule has 6 heteroatoms. The van der Waals surface area contributed by atoms with Gasteiger partial charge in [0.2, 0.25) is 0 Å². The van der Waals surface area contributed by atoms with Crippen LogP contribution in [0.25, 0.3) is 0 Å². The molecule has 1 saturated heterocycles. The number of aromatic hydroxyl groups is 1. The number of fused-ring (bicyclic) bond motifs is 2. The molecule has 5 fully saturated rings. The number of hydrogen-bond acceptors (Lipinski definition) is 5. The van der Waals surface area contributed by atoms with Crippen LogP contribution in [0.3, 0.4) is 0 Å². The Hall–Kier alpha value is -1.01. The van der Waals surface area contributed by atoms with E-state index in [-0.39, 0.29) is 23.6 Å². The van der Waals surface area contributed by atoms with E-state index in [1.807, 2.05) is 27.7 Å². The second-order valence-electron chi connectivity index (χ2n) is 13.7. The highest BCUT2D eigenvalue weighted by atomic mass is 35.5. The van der Waals surface area contributed by atoms with Gasteiger partial charge in [0.05, 0.1) is 9.71 Å². The van der Waals surface area contributed by atoms with E-state index in [9.17, 15) is 10.2 Å². The lowest BCUT2D eigenvalue weighted by atomic mass is 9.33. The fraction of sp³-hybridized carbons (Fsp3) is 0.793. The second-order valence-corrected chi connectivity index (χ2v) is 13.7. The third-order valence-electron chi connectivity index (χ3n) is 11.7. The van der Waals surface area contributed by atoms with Crippen LogP contribution in [0.2, 0.25) is 0 Å². The summed E-state index contributed by atoms with van der Waals surface area (Å²) in [4.78, 5) is 2.72. The molecule has 0 radical (unpaired) electrons. The monoisotopic (exact) mass is 506 g/mol. The Balaban J connectivity index is 0.00000264. The van der Waals surface area contributed by atoms with E-state index in [0.717, 1.165) is 43.8 Å². The molecule has 5 aliphatic carbocycles. The summed E-state index contributed by atoms with van der Waals surface area (Å²) in [6, 6.07) is 4.10. The molecule has 194 valence electrons. The van der Waals surface area contributed by atoms with Gasteiger partial charge in [-0.15, -0.1) is 12.4 Å². The molecule has 7 atom stereocenters. The van der Waals surface area contributed by atoms with Crippen LogP contribution >= 0.6 is 12.4 Å². The van der Waals surface area contributed by atoms with Gasteiger partial charge in [0.15, 0.2) is 11.5 Å². The average molecular weight is 507 g/mol. The van der Waals surface area contributed by atoms with Crippen molar-refractivity contribution in [2.45, 2.75) is 101 Å². The van der Waals surface area contributed by atoms with Crippen molar-refractivity contribution in [2.75, 3.05) is 20.1 Å². The maximum atomic E-state index is 12.3. The molecule has 2 N–H and O–H groups in total. The molecule has 1 unspecified atom stereocenters. The lowest BCUT2D eigenvalue weighted by Gasteiger charge is -2.75. The van der Waals surface area contributed by atoms with E-state index in [0.29, 0.717) is 24.6 Å². The first-order valence-corrected chi connectivity index (χ1v) is 13.3. The van der Waals surface area contributed by atoms with Crippen molar-refractivity contribution in [1.29, 1.82) is 0 Å². The summed E-state index contributed by atoms with van der Waals surface area (Å²) in [6.07, 6.45) is 5.90. The number of halogens is 1. The van der Waals surface area contributed by atoms with Crippen molar-refractivity contribution in [2.24, 2.45) is 22.7 Å². The highest BCUT2D eigenvalue weighted by molar-refractivity contribution is 5.85. The number of phenolic OH excluding ortho intramolecular Hbond substituents is 1. The normalized spacial score (nSPS) is 44.3. The summed E-state index contributed by atoms with van der Waals surface area (Å²) in [5.41, 5.74) is -1.14. The van der Waals surface area contributed by atoms with Crippen molar-refractivity contribution < 1.29 is 23.8 Å². The largest absolute Gasteiger partial charge is 0.504 e. The van der Waals surface area contributed by atoms with Crippen molar-refractivity contribution in [3.05, 3.63) is 23.3 Å². The third-order valence-corrected chi connectivity index (χ3v) is 11.7. The topological polar surface area (TPSA) is 62.2 Å². The van der Waals surface area contributed by atoms with E-state index in [4.69, 9.17) is 13.6 Å². The van der Waals surface area contributed by atoms with Crippen LogP contribution in [0.1, 0.15) is 81.5 Å². The summed E-state index contributed by atoms with van der Waals surface area (Å²) in [6.45, 7) is 10.0. The fourth-order valence-corrected chi connectivity index (χ4v) is 9.40. The minimum absolute atomic E-state index is 0. The van der Waals surface area contributed by atoms with Gasteiger partial charge in [-0.05, 0) is 81.4 Å². The molecule has 0 amide bonds. The SMILES string of the molecule is Cl.[2H]C([2H])([2H])O[C@]12CC[C@@]3(C[C@@H]1C(C)(O)C(C)(C)C)[C@H]1Cc4ccc(O)c5c4[C@@]3(CCN1CC1CC1)[C@H]2O5. The van der Waals surface area contributed by atoms with Gasteiger partial charge >= 0.3 is 0 Å². The van der Waals surface area contributed by atoms with Crippen LogP contribution in [-0.4, -0.2) is 58.6 Å². The molecular formula is C29H42ClNO4. The first-order valence-electron chi connectivity index (χ1n) is 14.8. The first-order chi connectivity index (χ1) is 17.2. The zero-order valence-electron chi connectivity index (χ0n) is 24.4. The molecule has 7 aliphatic rings. The number of hydrogen-bond donors (Lipinski definition) is 2. The Bertz CT molecular complexity index is 1160. The van der Waals surface area contributed by atoms with Crippen LogP contribution in [0.4, 0.5) is 0 Å². The minimum atomic E-state index is -2.63.